The molecule has 0 atom stereocenters. The molecule has 0 spiro atoms. The summed E-state index contributed by atoms with van der Waals surface area (Å²) in [4.78, 5) is 0. The van der Waals surface area contributed by atoms with E-state index in [2.05, 4.69) is 50.5 Å². The van der Waals surface area contributed by atoms with Gasteiger partial charge in [-0.15, -0.1) is 0 Å². The van der Waals surface area contributed by atoms with Crippen molar-refractivity contribution in [1.29, 1.82) is 0 Å². The van der Waals surface area contributed by atoms with Crippen LogP contribution in [0.5, 0.6) is 0 Å². The first-order valence-electron chi connectivity index (χ1n) is 5.63. The van der Waals surface area contributed by atoms with Gasteiger partial charge < -0.3 is 3.90 Å². The van der Waals surface area contributed by atoms with Crippen LogP contribution in [0.15, 0.2) is 0 Å². The molecule has 0 saturated heterocycles. The average molecular weight is 234 g/mol. The Bertz CT molecular complexity index is 138. The maximum Gasteiger partial charge on any atom is 0.105 e. The highest BCUT2D eigenvalue weighted by Gasteiger charge is 2.31. The summed E-state index contributed by atoms with van der Waals surface area (Å²) in [5.74, 6) is 0. The van der Waals surface area contributed by atoms with Crippen LogP contribution >= 0.6 is 0 Å². The van der Waals surface area contributed by atoms with Gasteiger partial charge in [-0.05, 0) is 0 Å². The molecule has 0 aliphatic heterocycles. The summed E-state index contributed by atoms with van der Waals surface area (Å²) in [7, 11) is -2.08. The topological polar surface area (TPSA) is 3.24 Å². The Kier molecular flexibility index (Phi) is 5.74. The van der Waals surface area contributed by atoms with E-state index < -0.39 is 26.2 Å². The van der Waals surface area contributed by atoms with Crippen LogP contribution in [0.4, 0.5) is 0 Å². The molecule has 4 heteroatoms. The van der Waals surface area contributed by atoms with E-state index in [4.69, 9.17) is 0 Å². The van der Waals surface area contributed by atoms with E-state index in [0.29, 0.717) is 0 Å². The predicted molar refractivity (Wildman–Crippen MR) is 72.2 cm³/mol. The van der Waals surface area contributed by atoms with Crippen molar-refractivity contribution < 1.29 is 0 Å². The Morgan fingerprint density at radius 1 is 1.00 bits per heavy atom. The third kappa shape index (κ3) is 4.10. The fourth-order valence-electron chi connectivity index (χ4n) is 2.43. The van der Waals surface area contributed by atoms with Crippen molar-refractivity contribution in [2.75, 3.05) is 0 Å². The summed E-state index contributed by atoms with van der Waals surface area (Å²) in [6.45, 7) is 17.4. The monoisotopic (exact) mass is 233 g/mol. The van der Waals surface area contributed by atoms with Crippen LogP contribution in [0.3, 0.4) is 0 Å². The molecule has 0 fully saturated rings. The molecule has 0 bridgehead atoms. The summed E-state index contributed by atoms with van der Waals surface area (Å²) in [6.07, 6.45) is 0. The second-order valence-electron chi connectivity index (χ2n) is 5.14. The van der Waals surface area contributed by atoms with E-state index >= 15 is 0 Å². The molecular formula is C9H27NSi3. The van der Waals surface area contributed by atoms with Gasteiger partial charge >= 0.3 is 0 Å². The summed E-state index contributed by atoms with van der Waals surface area (Å²) < 4.78 is 3.05. The number of nitrogens with zero attached hydrogens (tertiary/aromatic N) is 1. The predicted octanol–water partition coefficient (Wildman–Crippen LogP) is 2.87. The van der Waals surface area contributed by atoms with Crippen LogP contribution in [-0.2, 0) is 0 Å². The van der Waals surface area contributed by atoms with E-state index in [1.165, 1.54) is 12.1 Å². The molecule has 80 valence electrons. The van der Waals surface area contributed by atoms with Crippen LogP contribution < -0.4 is 0 Å². The van der Waals surface area contributed by atoms with Crippen LogP contribution in [0, 0.1) is 0 Å². The summed E-state index contributed by atoms with van der Waals surface area (Å²) in [5, 5.41) is 0. The summed E-state index contributed by atoms with van der Waals surface area (Å²) in [6, 6.07) is 2.93. The molecular weight excluding hydrogens is 206 g/mol. The molecule has 0 amide bonds. The molecule has 13 heavy (non-hydrogen) atoms. The minimum Gasteiger partial charge on any atom is -0.373 e. The molecule has 0 aliphatic carbocycles. The van der Waals surface area contributed by atoms with Gasteiger partial charge in [0.05, 0.1) is 17.9 Å². The number of rotatable bonds is 5. The maximum absolute atomic E-state index is 3.05. The number of hydrogen-bond donors (Lipinski definition) is 0. The highest BCUT2D eigenvalue weighted by atomic mass is 28.4. The fourth-order valence-corrected chi connectivity index (χ4v) is 20.1. The van der Waals surface area contributed by atoms with Gasteiger partial charge in [0.15, 0.2) is 0 Å². The van der Waals surface area contributed by atoms with Gasteiger partial charge in [0.1, 0.15) is 8.24 Å². The molecule has 0 rings (SSSR count). The molecule has 0 aromatic rings. The fraction of sp³-hybridized carbons (Fsp3) is 1.00. The van der Waals surface area contributed by atoms with Crippen molar-refractivity contribution in [2.45, 2.75) is 58.7 Å². The Labute approximate surface area is 89.0 Å². The van der Waals surface area contributed by atoms with Crippen LogP contribution in [0.1, 0.15) is 13.8 Å². The van der Waals surface area contributed by atoms with Gasteiger partial charge in [-0.2, -0.15) is 0 Å². The standard InChI is InChI=1S/C9H27NSi3/c1-8-12(9-2)10(11(3)4)13(5,6)7/h11-12H,8-9H2,1-7H3. The van der Waals surface area contributed by atoms with Crippen LogP contribution in [-0.4, -0.2) is 30.0 Å². The minimum absolute atomic E-state index is 0.533. The van der Waals surface area contributed by atoms with Crippen molar-refractivity contribution >= 4 is 26.2 Å². The molecule has 0 unspecified atom stereocenters. The van der Waals surface area contributed by atoms with Crippen molar-refractivity contribution in [3.05, 3.63) is 0 Å². The van der Waals surface area contributed by atoms with Gasteiger partial charge in [0, 0.05) is 0 Å². The molecule has 1 nitrogen and oxygen atoms in total. The van der Waals surface area contributed by atoms with Crippen LogP contribution in [0.2, 0.25) is 44.8 Å². The Morgan fingerprint density at radius 2 is 1.38 bits per heavy atom. The first-order chi connectivity index (χ1) is 5.84. The van der Waals surface area contributed by atoms with Crippen molar-refractivity contribution in [3.8, 4) is 0 Å². The zero-order valence-electron chi connectivity index (χ0n) is 10.5. The summed E-state index contributed by atoms with van der Waals surface area (Å²) >= 11 is 0. The zero-order valence-corrected chi connectivity index (χ0v) is 13.8. The van der Waals surface area contributed by atoms with Crippen LogP contribution in [0.25, 0.3) is 0 Å². The van der Waals surface area contributed by atoms with Gasteiger partial charge in [0.25, 0.3) is 0 Å². The van der Waals surface area contributed by atoms with Crippen molar-refractivity contribution in [3.63, 3.8) is 0 Å². The summed E-state index contributed by atoms with van der Waals surface area (Å²) in [5.41, 5.74) is 0. The Hall–Kier alpha value is 0.611. The van der Waals surface area contributed by atoms with Crippen molar-refractivity contribution in [2.24, 2.45) is 0 Å². The molecule has 0 N–H and O–H groups in total. The van der Waals surface area contributed by atoms with E-state index in [1.807, 2.05) is 0 Å². The van der Waals surface area contributed by atoms with Crippen molar-refractivity contribution in [1.82, 2.24) is 3.90 Å². The minimum atomic E-state index is -0.998. The van der Waals surface area contributed by atoms with E-state index in [-0.39, 0.29) is 0 Å². The average Bonchev–Trinajstić information content (AvgIpc) is 1.96. The lowest BCUT2D eigenvalue weighted by molar-refractivity contribution is 0.925. The van der Waals surface area contributed by atoms with Gasteiger partial charge in [0.2, 0.25) is 0 Å². The Morgan fingerprint density at radius 3 is 1.46 bits per heavy atom. The quantitative estimate of drug-likeness (QED) is 0.660. The molecule has 0 saturated carbocycles. The second-order valence-corrected chi connectivity index (χ2v) is 17.9. The number of hydrogen-bond acceptors (Lipinski definition) is 1. The lowest BCUT2D eigenvalue weighted by Gasteiger charge is -2.43. The van der Waals surface area contributed by atoms with Gasteiger partial charge in [-0.3, -0.25) is 0 Å². The third-order valence-corrected chi connectivity index (χ3v) is 18.3. The molecule has 0 aliphatic rings. The van der Waals surface area contributed by atoms with E-state index in [0.717, 1.165) is 0 Å². The normalized spacial score (nSPS) is 13.4. The van der Waals surface area contributed by atoms with E-state index in [1.54, 1.807) is 0 Å². The highest BCUT2D eigenvalue weighted by Crippen LogP contribution is 2.18. The SMILES string of the molecule is CC[SiH](CC)N([SiH](C)C)[Si](C)(C)C. The lowest BCUT2D eigenvalue weighted by atomic mass is 10.9. The van der Waals surface area contributed by atoms with Gasteiger partial charge in [-0.25, -0.2) is 0 Å². The zero-order chi connectivity index (χ0) is 10.6. The maximum atomic E-state index is 3.05. The first-order valence-corrected chi connectivity index (χ1v) is 14.0. The first kappa shape index (κ1) is 13.6. The van der Waals surface area contributed by atoms with Gasteiger partial charge in [-0.1, -0.05) is 58.7 Å². The lowest BCUT2D eigenvalue weighted by Crippen LogP contribution is -2.59. The molecule has 0 aromatic carbocycles. The largest absolute Gasteiger partial charge is 0.373 e. The Balaban J connectivity index is 4.59. The molecule has 0 radical (unpaired) electrons. The third-order valence-electron chi connectivity index (χ3n) is 2.67. The highest BCUT2D eigenvalue weighted by molar-refractivity contribution is 6.93. The molecule has 0 heterocycles. The smallest absolute Gasteiger partial charge is 0.105 e. The van der Waals surface area contributed by atoms with E-state index in [9.17, 15) is 0 Å². The second kappa shape index (κ2) is 5.48. The molecule has 0 aromatic heterocycles.